The second-order valence-corrected chi connectivity index (χ2v) is 7.53. The van der Waals surface area contributed by atoms with Gasteiger partial charge in [0.05, 0.1) is 17.4 Å². The number of rotatable bonds is 7. The SMILES string of the molecule is CC(C)N(Cc1ccccc1)c1cncc(C(=O)Nc2ccc(N(C)C)cc2)c1. The van der Waals surface area contributed by atoms with Gasteiger partial charge in [0.25, 0.3) is 5.91 Å². The minimum Gasteiger partial charge on any atom is -0.378 e. The van der Waals surface area contributed by atoms with Crippen molar-refractivity contribution in [1.82, 2.24) is 4.98 Å². The van der Waals surface area contributed by atoms with Crippen LogP contribution in [-0.4, -0.2) is 31.0 Å². The van der Waals surface area contributed by atoms with Gasteiger partial charge in [-0.2, -0.15) is 0 Å². The van der Waals surface area contributed by atoms with E-state index in [9.17, 15) is 4.79 Å². The largest absolute Gasteiger partial charge is 0.378 e. The molecule has 0 saturated heterocycles. The standard InChI is InChI=1S/C24H28N4O/c1-18(2)28(17-19-8-6-5-7-9-19)23-14-20(15-25-16-23)24(29)26-21-10-12-22(13-11-21)27(3)4/h5-16,18H,17H2,1-4H3,(H,26,29). The van der Waals surface area contributed by atoms with Crippen LogP contribution in [0.2, 0.25) is 0 Å². The van der Waals surface area contributed by atoms with Crippen LogP contribution in [0.4, 0.5) is 17.1 Å². The van der Waals surface area contributed by atoms with Crippen LogP contribution >= 0.6 is 0 Å². The van der Waals surface area contributed by atoms with E-state index in [0.29, 0.717) is 5.56 Å². The Balaban J connectivity index is 1.77. The molecule has 0 aliphatic carbocycles. The number of anilines is 3. The topological polar surface area (TPSA) is 48.5 Å². The van der Waals surface area contributed by atoms with Gasteiger partial charge in [-0.3, -0.25) is 9.78 Å². The highest BCUT2D eigenvalue weighted by Crippen LogP contribution is 2.22. The molecule has 0 unspecified atom stereocenters. The first-order valence-corrected chi connectivity index (χ1v) is 9.78. The van der Waals surface area contributed by atoms with E-state index in [1.165, 1.54) is 5.56 Å². The summed E-state index contributed by atoms with van der Waals surface area (Å²) >= 11 is 0. The smallest absolute Gasteiger partial charge is 0.257 e. The summed E-state index contributed by atoms with van der Waals surface area (Å²) in [4.78, 5) is 21.3. The zero-order valence-corrected chi connectivity index (χ0v) is 17.5. The van der Waals surface area contributed by atoms with Crippen LogP contribution < -0.4 is 15.1 Å². The zero-order valence-electron chi connectivity index (χ0n) is 17.5. The van der Waals surface area contributed by atoms with E-state index in [0.717, 1.165) is 23.6 Å². The molecule has 0 saturated carbocycles. The summed E-state index contributed by atoms with van der Waals surface area (Å²) in [7, 11) is 3.97. The monoisotopic (exact) mass is 388 g/mol. The number of carbonyl (C=O) groups is 1. The van der Waals surface area contributed by atoms with Crippen LogP contribution in [0.1, 0.15) is 29.8 Å². The Morgan fingerprint density at radius 1 is 0.966 bits per heavy atom. The van der Waals surface area contributed by atoms with Gasteiger partial charge in [0.2, 0.25) is 0 Å². The summed E-state index contributed by atoms with van der Waals surface area (Å²) < 4.78 is 0. The molecule has 1 aromatic heterocycles. The number of pyridine rings is 1. The Hall–Kier alpha value is -3.34. The molecule has 0 bridgehead atoms. The highest BCUT2D eigenvalue weighted by atomic mass is 16.1. The number of benzene rings is 2. The molecule has 2 aromatic carbocycles. The van der Waals surface area contributed by atoms with Crippen LogP contribution in [0.3, 0.4) is 0 Å². The van der Waals surface area contributed by atoms with Gasteiger partial charge in [0, 0.05) is 44.3 Å². The number of aromatic nitrogens is 1. The molecule has 1 amide bonds. The average Bonchev–Trinajstić information content (AvgIpc) is 2.73. The molecule has 150 valence electrons. The highest BCUT2D eigenvalue weighted by Gasteiger charge is 2.15. The van der Waals surface area contributed by atoms with Crippen LogP contribution in [0.5, 0.6) is 0 Å². The van der Waals surface area contributed by atoms with Gasteiger partial charge in [0.15, 0.2) is 0 Å². The fraction of sp³-hybridized carbons (Fsp3) is 0.250. The van der Waals surface area contributed by atoms with Crippen molar-refractivity contribution in [3.05, 3.63) is 84.2 Å². The molecule has 1 heterocycles. The van der Waals surface area contributed by atoms with E-state index in [1.54, 1.807) is 6.20 Å². The molecule has 0 fully saturated rings. The first-order valence-electron chi connectivity index (χ1n) is 9.78. The number of carbonyl (C=O) groups excluding carboxylic acids is 1. The summed E-state index contributed by atoms with van der Waals surface area (Å²) in [5, 5.41) is 2.95. The van der Waals surface area contributed by atoms with Gasteiger partial charge >= 0.3 is 0 Å². The van der Waals surface area contributed by atoms with Crippen molar-refractivity contribution in [2.45, 2.75) is 26.4 Å². The quantitative estimate of drug-likeness (QED) is 0.631. The first-order chi connectivity index (χ1) is 13.9. The molecular weight excluding hydrogens is 360 g/mol. The number of nitrogens with zero attached hydrogens (tertiary/aromatic N) is 3. The molecule has 0 aliphatic rings. The van der Waals surface area contributed by atoms with E-state index in [2.05, 4.69) is 41.2 Å². The molecule has 29 heavy (non-hydrogen) atoms. The Bertz CT molecular complexity index is 937. The van der Waals surface area contributed by atoms with Crippen molar-refractivity contribution in [2.24, 2.45) is 0 Å². The van der Waals surface area contributed by atoms with Crippen molar-refractivity contribution >= 4 is 23.0 Å². The van der Waals surface area contributed by atoms with Crippen molar-refractivity contribution in [1.29, 1.82) is 0 Å². The third-order valence-electron chi connectivity index (χ3n) is 4.78. The van der Waals surface area contributed by atoms with Crippen LogP contribution in [0, 0.1) is 0 Å². The summed E-state index contributed by atoms with van der Waals surface area (Å²) in [5.74, 6) is -0.166. The fourth-order valence-corrected chi connectivity index (χ4v) is 3.11. The Kier molecular flexibility index (Phi) is 6.50. The van der Waals surface area contributed by atoms with Crippen molar-refractivity contribution in [2.75, 3.05) is 29.2 Å². The highest BCUT2D eigenvalue weighted by molar-refractivity contribution is 6.04. The molecule has 3 rings (SSSR count). The van der Waals surface area contributed by atoms with Crippen molar-refractivity contribution in [3.63, 3.8) is 0 Å². The van der Waals surface area contributed by atoms with E-state index < -0.39 is 0 Å². The second-order valence-electron chi connectivity index (χ2n) is 7.53. The first kappa shape index (κ1) is 20.4. The third-order valence-corrected chi connectivity index (χ3v) is 4.78. The molecule has 0 spiro atoms. The van der Waals surface area contributed by atoms with Gasteiger partial charge in [-0.25, -0.2) is 0 Å². The predicted octanol–water partition coefficient (Wildman–Crippen LogP) is 4.81. The van der Waals surface area contributed by atoms with Crippen molar-refractivity contribution in [3.8, 4) is 0 Å². The molecule has 5 nitrogen and oxygen atoms in total. The molecule has 1 N–H and O–H groups in total. The Morgan fingerprint density at radius 2 is 1.66 bits per heavy atom. The predicted molar refractivity (Wildman–Crippen MR) is 121 cm³/mol. The molecule has 3 aromatic rings. The van der Waals surface area contributed by atoms with Crippen LogP contribution in [-0.2, 0) is 6.54 Å². The van der Waals surface area contributed by atoms with Gasteiger partial charge in [-0.15, -0.1) is 0 Å². The van der Waals surface area contributed by atoms with E-state index in [4.69, 9.17) is 0 Å². The maximum atomic E-state index is 12.8. The summed E-state index contributed by atoms with van der Waals surface area (Å²) in [6.07, 6.45) is 3.42. The molecule has 0 atom stereocenters. The summed E-state index contributed by atoms with van der Waals surface area (Å²) in [5.41, 5.74) is 4.53. The molecule has 0 aliphatic heterocycles. The normalized spacial score (nSPS) is 10.7. The lowest BCUT2D eigenvalue weighted by atomic mass is 10.1. The Labute approximate surface area is 173 Å². The molecule has 5 heteroatoms. The number of amides is 1. The lowest BCUT2D eigenvalue weighted by Gasteiger charge is -2.29. The lowest BCUT2D eigenvalue weighted by molar-refractivity contribution is 0.102. The van der Waals surface area contributed by atoms with Crippen molar-refractivity contribution < 1.29 is 4.79 Å². The maximum Gasteiger partial charge on any atom is 0.257 e. The van der Waals surface area contributed by atoms with E-state index in [1.807, 2.05) is 73.7 Å². The minimum absolute atomic E-state index is 0.166. The summed E-state index contributed by atoms with van der Waals surface area (Å²) in [6, 6.07) is 20.2. The summed E-state index contributed by atoms with van der Waals surface area (Å²) in [6.45, 7) is 5.04. The van der Waals surface area contributed by atoms with E-state index in [-0.39, 0.29) is 11.9 Å². The van der Waals surface area contributed by atoms with Gasteiger partial charge in [-0.1, -0.05) is 30.3 Å². The van der Waals surface area contributed by atoms with Gasteiger partial charge in [-0.05, 0) is 49.7 Å². The lowest BCUT2D eigenvalue weighted by Crippen LogP contribution is -2.30. The average molecular weight is 389 g/mol. The maximum absolute atomic E-state index is 12.8. The fourth-order valence-electron chi connectivity index (χ4n) is 3.11. The second kappa shape index (κ2) is 9.24. The van der Waals surface area contributed by atoms with E-state index >= 15 is 0 Å². The molecule has 0 radical (unpaired) electrons. The number of hydrogen-bond donors (Lipinski definition) is 1. The van der Waals surface area contributed by atoms with Crippen LogP contribution in [0.25, 0.3) is 0 Å². The number of hydrogen-bond acceptors (Lipinski definition) is 4. The Morgan fingerprint density at radius 3 is 2.28 bits per heavy atom. The van der Waals surface area contributed by atoms with Gasteiger partial charge in [0.1, 0.15) is 0 Å². The minimum atomic E-state index is -0.166. The molecular formula is C24H28N4O. The van der Waals surface area contributed by atoms with Gasteiger partial charge < -0.3 is 15.1 Å². The zero-order chi connectivity index (χ0) is 20.8. The third kappa shape index (κ3) is 5.35. The number of nitrogens with one attached hydrogen (secondary N) is 1. The van der Waals surface area contributed by atoms with Crippen LogP contribution in [0.15, 0.2) is 73.1 Å².